The zero-order valence-electron chi connectivity index (χ0n) is 8.97. The Balaban J connectivity index is 2.71. The van der Waals surface area contributed by atoms with Crippen molar-refractivity contribution >= 4 is 0 Å². The zero-order chi connectivity index (χ0) is 13.3. The highest BCUT2D eigenvalue weighted by Crippen LogP contribution is 2.15. The molecule has 0 amide bonds. The molecule has 0 atom stereocenters. The summed E-state index contributed by atoms with van der Waals surface area (Å²) < 4.78 is 27.1. The summed E-state index contributed by atoms with van der Waals surface area (Å²) in [5.74, 6) is -2.09. The van der Waals surface area contributed by atoms with Crippen LogP contribution in [0, 0.1) is 11.6 Å². The Labute approximate surface area is 99.6 Å². The van der Waals surface area contributed by atoms with Gasteiger partial charge in [0.1, 0.15) is 28.8 Å². The molecule has 1 aromatic carbocycles. The molecule has 0 radical (unpaired) electrons. The summed E-state index contributed by atoms with van der Waals surface area (Å²) in [7, 11) is 0. The number of rotatable bonds is 2. The SMILES string of the molecule is O=c1cc(O)c(CO)nn1-c1cc(F)ccc1F. The Morgan fingerprint density at radius 3 is 2.67 bits per heavy atom. The molecule has 0 aliphatic rings. The van der Waals surface area contributed by atoms with Crippen molar-refractivity contribution in [1.82, 2.24) is 9.78 Å². The molecule has 2 aromatic rings. The molecule has 0 saturated heterocycles. The number of hydrogen-bond acceptors (Lipinski definition) is 4. The van der Waals surface area contributed by atoms with Gasteiger partial charge >= 0.3 is 0 Å². The molecule has 0 spiro atoms. The van der Waals surface area contributed by atoms with Crippen molar-refractivity contribution in [3.8, 4) is 11.4 Å². The maximum atomic E-state index is 13.5. The highest BCUT2D eigenvalue weighted by Gasteiger charge is 2.12. The molecule has 0 aliphatic heterocycles. The quantitative estimate of drug-likeness (QED) is 0.827. The van der Waals surface area contributed by atoms with Crippen LogP contribution in [0.5, 0.6) is 5.75 Å². The summed E-state index contributed by atoms with van der Waals surface area (Å²) in [6, 6.07) is 3.31. The molecular formula is C11H8F2N2O3. The molecule has 18 heavy (non-hydrogen) atoms. The van der Waals surface area contributed by atoms with Crippen LogP contribution in [0.25, 0.3) is 5.69 Å². The monoisotopic (exact) mass is 254 g/mol. The van der Waals surface area contributed by atoms with Crippen molar-refractivity contribution in [2.24, 2.45) is 0 Å². The van der Waals surface area contributed by atoms with Crippen LogP contribution in [0.15, 0.2) is 29.1 Å². The molecule has 5 nitrogen and oxygen atoms in total. The minimum Gasteiger partial charge on any atom is -0.506 e. The van der Waals surface area contributed by atoms with Gasteiger partial charge in [0.05, 0.1) is 6.61 Å². The van der Waals surface area contributed by atoms with Gasteiger partial charge in [0.15, 0.2) is 0 Å². The number of aliphatic hydroxyl groups is 1. The third kappa shape index (κ3) is 2.07. The van der Waals surface area contributed by atoms with E-state index in [1.165, 1.54) is 0 Å². The highest BCUT2D eigenvalue weighted by atomic mass is 19.1. The smallest absolute Gasteiger partial charge is 0.275 e. The normalized spacial score (nSPS) is 10.6. The number of benzene rings is 1. The molecule has 0 saturated carbocycles. The highest BCUT2D eigenvalue weighted by molar-refractivity contribution is 5.34. The van der Waals surface area contributed by atoms with Gasteiger partial charge in [0.25, 0.3) is 5.56 Å². The van der Waals surface area contributed by atoms with Crippen molar-refractivity contribution < 1.29 is 19.0 Å². The number of halogens is 2. The van der Waals surface area contributed by atoms with Crippen LogP contribution < -0.4 is 5.56 Å². The maximum absolute atomic E-state index is 13.5. The fraction of sp³-hybridized carbons (Fsp3) is 0.0909. The third-order valence-electron chi connectivity index (χ3n) is 2.27. The van der Waals surface area contributed by atoms with Crippen molar-refractivity contribution in [3.63, 3.8) is 0 Å². The first-order chi connectivity index (χ1) is 8.52. The molecule has 1 heterocycles. The van der Waals surface area contributed by atoms with Crippen LogP contribution in [0.1, 0.15) is 5.69 Å². The second-order valence-corrected chi connectivity index (χ2v) is 3.48. The Kier molecular flexibility index (Phi) is 3.07. The van der Waals surface area contributed by atoms with Gasteiger partial charge in [-0.2, -0.15) is 9.78 Å². The zero-order valence-corrected chi connectivity index (χ0v) is 8.97. The fourth-order valence-electron chi connectivity index (χ4n) is 1.42. The predicted octanol–water partition coefficient (Wildman–Crippen LogP) is 0.709. The number of nitrogens with zero attached hydrogens (tertiary/aromatic N) is 2. The molecule has 0 unspecified atom stereocenters. The van der Waals surface area contributed by atoms with Crippen LogP contribution in [-0.4, -0.2) is 20.0 Å². The van der Waals surface area contributed by atoms with Crippen LogP contribution in [0.4, 0.5) is 8.78 Å². The summed E-state index contributed by atoms with van der Waals surface area (Å²) in [6.07, 6.45) is 0. The summed E-state index contributed by atoms with van der Waals surface area (Å²) >= 11 is 0. The molecule has 2 N–H and O–H groups in total. The number of hydrogen-bond donors (Lipinski definition) is 2. The number of aromatic hydroxyl groups is 1. The summed E-state index contributed by atoms with van der Waals surface area (Å²) in [6.45, 7) is -0.636. The van der Waals surface area contributed by atoms with Crippen LogP contribution in [-0.2, 0) is 6.61 Å². The number of aromatic nitrogens is 2. The summed E-state index contributed by atoms with van der Waals surface area (Å²) in [5.41, 5.74) is -1.44. The lowest BCUT2D eigenvalue weighted by molar-refractivity contribution is 0.266. The average Bonchev–Trinajstić information content (AvgIpc) is 2.33. The standard InChI is InChI=1S/C11H8F2N2O3/c12-6-1-2-7(13)9(3-6)15-11(18)4-10(17)8(5-16)14-15/h1-4,16-17H,5H2. The average molecular weight is 254 g/mol. The first-order valence-electron chi connectivity index (χ1n) is 4.91. The second kappa shape index (κ2) is 4.53. The van der Waals surface area contributed by atoms with Gasteiger partial charge in [-0.1, -0.05) is 0 Å². The minimum atomic E-state index is -0.847. The van der Waals surface area contributed by atoms with Gasteiger partial charge in [-0.05, 0) is 12.1 Å². The second-order valence-electron chi connectivity index (χ2n) is 3.48. The van der Waals surface area contributed by atoms with E-state index in [2.05, 4.69) is 5.10 Å². The molecule has 0 fully saturated rings. The minimum absolute atomic E-state index is 0.210. The Hall–Kier alpha value is -2.28. The maximum Gasteiger partial charge on any atom is 0.275 e. The van der Waals surface area contributed by atoms with Crippen molar-refractivity contribution in [1.29, 1.82) is 0 Å². The van der Waals surface area contributed by atoms with Gasteiger partial charge < -0.3 is 10.2 Å². The van der Waals surface area contributed by atoms with E-state index in [-0.39, 0.29) is 5.69 Å². The predicted molar refractivity (Wildman–Crippen MR) is 57.3 cm³/mol. The van der Waals surface area contributed by atoms with E-state index in [4.69, 9.17) is 5.11 Å². The molecule has 94 valence electrons. The van der Waals surface area contributed by atoms with Gasteiger partial charge in [-0.25, -0.2) is 8.78 Å². The first kappa shape index (κ1) is 12.2. The van der Waals surface area contributed by atoms with E-state index in [1.54, 1.807) is 0 Å². The molecule has 1 aromatic heterocycles. The van der Waals surface area contributed by atoms with Crippen LogP contribution >= 0.6 is 0 Å². The molecule has 0 bridgehead atoms. The first-order valence-corrected chi connectivity index (χ1v) is 4.91. The third-order valence-corrected chi connectivity index (χ3v) is 2.27. The van der Waals surface area contributed by atoms with E-state index in [1.807, 2.05) is 0 Å². The van der Waals surface area contributed by atoms with Crippen molar-refractivity contribution in [2.75, 3.05) is 0 Å². The van der Waals surface area contributed by atoms with E-state index in [0.717, 1.165) is 24.3 Å². The Morgan fingerprint density at radius 1 is 1.28 bits per heavy atom. The van der Waals surface area contributed by atoms with Gasteiger partial charge in [-0.15, -0.1) is 0 Å². The van der Waals surface area contributed by atoms with E-state index in [9.17, 15) is 18.7 Å². The molecule has 0 aliphatic carbocycles. The number of aliphatic hydroxyl groups excluding tert-OH is 1. The topological polar surface area (TPSA) is 75.3 Å². The summed E-state index contributed by atoms with van der Waals surface area (Å²) in [4.78, 5) is 11.5. The lowest BCUT2D eigenvalue weighted by atomic mass is 10.3. The van der Waals surface area contributed by atoms with Crippen molar-refractivity contribution in [2.45, 2.75) is 6.61 Å². The molecular weight excluding hydrogens is 246 g/mol. The molecule has 2 rings (SSSR count). The largest absolute Gasteiger partial charge is 0.506 e. The fourth-order valence-corrected chi connectivity index (χ4v) is 1.42. The van der Waals surface area contributed by atoms with Crippen LogP contribution in [0.3, 0.4) is 0 Å². The van der Waals surface area contributed by atoms with Gasteiger partial charge in [-0.3, -0.25) is 4.79 Å². The van der Waals surface area contributed by atoms with Crippen molar-refractivity contribution in [3.05, 3.63) is 51.9 Å². The Morgan fingerprint density at radius 2 is 2.00 bits per heavy atom. The van der Waals surface area contributed by atoms with Gasteiger partial charge in [0, 0.05) is 12.1 Å². The van der Waals surface area contributed by atoms with E-state index in [0.29, 0.717) is 4.68 Å². The van der Waals surface area contributed by atoms with Crippen LogP contribution in [0.2, 0.25) is 0 Å². The van der Waals surface area contributed by atoms with Gasteiger partial charge in [0.2, 0.25) is 0 Å². The Bertz CT molecular complexity index is 655. The molecule has 7 heteroatoms. The lowest BCUT2D eigenvalue weighted by Gasteiger charge is -2.08. The summed E-state index contributed by atoms with van der Waals surface area (Å²) in [5, 5.41) is 21.7. The lowest BCUT2D eigenvalue weighted by Crippen LogP contribution is -2.22. The van der Waals surface area contributed by atoms with E-state index < -0.39 is 35.2 Å². The van der Waals surface area contributed by atoms with E-state index >= 15 is 0 Å².